The van der Waals surface area contributed by atoms with Gasteiger partial charge in [-0.1, -0.05) is 26.0 Å². The van der Waals surface area contributed by atoms with Gasteiger partial charge in [0.25, 0.3) is 5.91 Å². The fourth-order valence-corrected chi connectivity index (χ4v) is 9.69. The second-order valence-electron chi connectivity index (χ2n) is 16.8. The largest absolute Gasteiger partial charge is 0.481 e. The normalized spacial score (nSPS) is 28.7. The van der Waals surface area contributed by atoms with E-state index in [0.717, 1.165) is 11.0 Å². The van der Waals surface area contributed by atoms with Gasteiger partial charge in [0.2, 0.25) is 33.6 Å². The Morgan fingerprint density at radius 2 is 1.83 bits per heavy atom. The fraction of sp³-hybridized carbons (Fsp3) is 0.615. The summed E-state index contributed by atoms with van der Waals surface area (Å²) in [7, 11) is -3.22. The molecule has 4 amide bonds. The van der Waals surface area contributed by atoms with Gasteiger partial charge in [-0.2, -0.15) is 18.2 Å². The van der Waals surface area contributed by atoms with Gasteiger partial charge in [0, 0.05) is 23.8 Å². The summed E-state index contributed by atoms with van der Waals surface area (Å²) in [5.41, 5.74) is -4.97. The van der Waals surface area contributed by atoms with Crippen LogP contribution in [-0.2, 0) is 24.4 Å². The fourth-order valence-electron chi connectivity index (χ4n) is 8.26. The maximum absolute atomic E-state index is 15.0. The van der Waals surface area contributed by atoms with Gasteiger partial charge < -0.3 is 24.8 Å². The van der Waals surface area contributed by atoms with Gasteiger partial charge >= 0.3 is 12.3 Å². The predicted octanol–water partition coefficient (Wildman–Crippen LogP) is 5.26. The maximum atomic E-state index is 15.0. The van der Waals surface area contributed by atoms with E-state index < -0.39 is 105 Å². The number of nitrogens with one attached hydrogen (secondary N) is 2. The van der Waals surface area contributed by atoms with E-state index in [1.165, 1.54) is 32.2 Å². The van der Waals surface area contributed by atoms with Crippen LogP contribution < -0.4 is 19.5 Å². The molecule has 3 fully saturated rings. The van der Waals surface area contributed by atoms with E-state index in [0.29, 0.717) is 37.5 Å². The molecule has 3 heterocycles. The number of hydrogen-bond acceptors (Lipinski definition) is 9. The Balaban J connectivity index is 1.44. The molecule has 0 unspecified atom stereocenters. The van der Waals surface area contributed by atoms with Crippen LogP contribution in [0.2, 0.25) is 0 Å². The topological polar surface area (TPSA) is 185 Å². The number of pyridine rings is 1. The number of carbonyl (C=O) groups excluding carboxylic acids is 3. The van der Waals surface area contributed by atoms with Gasteiger partial charge in [0.1, 0.15) is 46.5 Å². The SMILES string of the molecule is COc1cc2cc(F)ccc2c(O[C@@H]2C[C@H]3C(=O)N[C@]4(C(=O)NS(=O)(=O)C5(CF)CC5)C[C@H]4C=CCC[C@@H](C)C[C@@H](C)[C@H](N(C(=O)O)C(C)(C)C(F)(F)F)C(=O)N3C2)n1. The average molecular weight is 858 g/mol. The van der Waals surface area contributed by atoms with Crippen LogP contribution in [0.5, 0.6) is 11.8 Å². The number of halogens is 5. The van der Waals surface area contributed by atoms with Gasteiger partial charge in [-0.25, -0.2) is 22.0 Å². The quantitative estimate of drug-likeness (QED) is 0.222. The molecular weight excluding hydrogens is 810 g/mol. The number of alkyl halides is 4. The standard InChI is InChI=1S/C39H48F5N5O9S/c1-21-8-6-7-9-24-18-38(24,34(52)47-59(55,56)37(20-40)12-13-37)46-31(50)28-17-26(58-32-27-11-10-25(41)15-23(27)16-29(45-32)57-5)19-48(28)33(51)30(22(2)14-21)49(35(53)54)36(3,4)39(42,43)44/h7,9-11,15-16,21-22,24,26,28,30H,6,8,12-14,17-20H2,1-5H3,(H,46,50)(H,47,52)(H,53,54)/t21-,22-,24-,26-,28+,30+,38-/m1/s1. The first-order valence-electron chi connectivity index (χ1n) is 19.3. The molecule has 20 heteroatoms. The zero-order valence-corrected chi connectivity index (χ0v) is 34.0. The van der Waals surface area contributed by atoms with Crippen molar-refractivity contribution in [1.82, 2.24) is 24.8 Å². The third-order valence-corrected chi connectivity index (χ3v) is 14.3. The van der Waals surface area contributed by atoms with Crippen LogP contribution in [0.15, 0.2) is 36.4 Å². The van der Waals surface area contributed by atoms with Crippen molar-refractivity contribution >= 4 is 44.6 Å². The number of carboxylic acid groups (broad SMARTS) is 1. The summed E-state index contributed by atoms with van der Waals surface area (Å²) < 4.78 is 110. The summed E-state index contributed by atoms with van der Waals surface area (Å²) in [6.07, 6.45) is -4.45. The molecule has 1 saturated heterocycles. The molecule has 2 aliphatic carbocycles. The number of rotatable bonds is 9. The number of hydrogen-bond donors (Lipinski definition) is 3. The molecule has 4 aliphatic rings. The van der Waals surface area contributed by atoms with Crippen molar-refractivity contribution < 1.29 is 64.1 Å². The van der Waals surface area contributed by atoms with Crippen molar-refractivity contribution in [1.29, 1.82) is 0 Å². The highest BCUT2D eigenvalue weighted by molar-refractivity contribution is 7.91. The van der Waals surface area contributed by atoms with Crippen LogP contribution >= 0.6 is 0 Å². The molecule has 0 spiro atoms. The lowest BCUT2D eigenvalue weighted by Gasteiger charge is -2.45. The Morgan fingerprint density at radius 1 is 1.14 bits per heavy atom. The Bertz CT molecular complexity index is 2150. The van der Waals surface area contributed by atoms with Gasteiger partial charge in [-0.15, -0.1) is 0 Å². The molecule has 14 nitrogen and oxygen atoms in total. The summed E-state index contributed by atoms with van der Waals surface area (Å²) in [4.78, 5) is 61.7. The van der Waals surface area contributed by atoms with E-state index in [-0.39, 0.29) is 54.7 Å². The van der Waals surface area contributed by atoms with Gasteiger partial charge in [-0.05, 0) is 87.8 Å². The molecule has 0 radical (unpaired) electrons. The summed E-state index contributed by atoms with van der Waals surface area (Å²) in [6, 6.07) is 1.59. The Morgan fingerprint density at radius 3 is 2.44 bits per heavy atom. The van der Waals surface area contributed by atoms with Crippen LogP contribution in [0, 0.1) is 23.6 Å². The number of allylic oxidation sites excluding steroid dienone is 1. The first-order valence-corrected chi connectivity index (χ1v) is 20.8. The molecule has 6 rings (SSSR count). The van der Waals surface area contributed by atoms with Gasteiger partial charge in [-0.3, -0.25) is 24.0 Å². The summed E-state index contributed by atoms with van der Waals surface area (Å²) in [5, 5.41) is 13.7. The van der Waals surface area contributed by atoms with Crippen molar-refractivity contribution in [2.45, 2.75) is 113 Å². The number of amides is 4. The van der Waals surface area contributed by atoms with Crippen LogP contribution in [0.25, 0.3) is 10.8 Å². The van der Waals surface area contributed by atoms with E-state index in [4.69, 9.17) is 9.47 Å². The highest BCUT2D eigenvalue weighted by atomic mass is 32.2. The van der Waals surface area contributed by atoms with E-state index in [2.05, 4.69) is 10.3 Å². The van der Waals surface area contributed by atoms with E-state index in [1.807, 2.05) is 4.72 Å². The lowest BCUT2D eigenvalue weighted by molar-refractivity contribution is -0.222. The Labute approximate surface area is 337 Å². The zero-order chi connectivity index (χ0) is 43.5. The Hall–Kier alpha value is -4.75. The number of methoxy groups -OCH3 is 1. The van der Waals surface area contributed by atoms with Crippen molar-refractivity contribution in [3.63, 3.8) is 0 Å². The van der Waals surface area contributed by atoms with Crippen LogP contribution in [0.1, 0.15) is 72.6 Å². The minimum atomic E-state index is -5.15. The van der Waals surface area contributed by atoms with Crippen molar-refractivity contribution in [3.05, 3.63) is 42.2 Å². The third-order valence-electron chi connectivity index (χ3n) is 12.2. The Kier molecular flexibility index (Phi) is 11.7. The number of sulfonamides is 1. The van der Waals surface area contributed by atoms with E-state index in [1.54, 1.807) is 19.1 Å². The summed E-state index contributed by atoms with van der Waals surface area (Å²) >= 11 is 0. The number of fused-ring (bicyclic) bond motifs is 3. The van der Waals surface area contributed by atoms with Crippen molar-refractivity contribution in [2.75, 3.05) is 20.3 Å². The van der Waals surface area contributed by atoms with Crippen LogP contribution in [0.3, 0.4) is 0 Å². The van der Waals surface area contributed by atoms with Crippen molar-refractivity contribution in [3.8, 4) is 11.8 Å². The lowest BCUT2D eigenvalue weighted by Crippen LogP contribution is -2.66. The molecule has 7 atom stereocenters. The number of nitrogens with zero attached hydrogens (tertiary/aromatic N) is 3. The number of benzene rings is 1. The third kappa shape index (κ3) is 8.24. The predicted molar refractivity (Wildman–Crippen MR) is 202 cm³/mol. The molecule has 3 N–H and O–H groups in total. The number of carbonyl (C=O) groups is 4. The first kappa shape index (κ1) is 43.8. The minimum Gasteiger partial charge on any atom is -0.481 e. The zero-order valence-electron chi connectivity index (χ0n) is 33.1. The maximum Gasteiger partial charge on any atom is 0.411 e. The molecule has 2 saturated carbocycles. The molecular formula is C39H48F5N5O9S. The van der Waals surface area contributed by atoms with E-state index >= 15 is 0 Å². The number of aromatic nitrogens is 1. The highest BCUT2D eigenvalue weighted by Gasteiger charge is 2.64. The van der Waals surface area contributed by atoms with Gasteiger partial charge in [0.05, 0.1) is 13.7 Å². The smallest absolute Gasteiger partial charge is 0.411 e. The molecule has 59 heavy (non-hydrogen) atoms. The van der Waals surface area contributed by atoms with Crippen LogP contribution in [-0.4, -0.2) is 113 Å². The molecule has 2 aromatic rings. The van der Waals surface area contributed by atoms with Crippen molar-refractivity contribution in [2.24, 2.45) is 17.8 Å². The first-order chi connectivity index (χ1) is 27.5. The molecule has 1 aromatic heterocycles. The monoisotopic (exact) mass is 857 g/mol. The molecule has 0 bridgehead atoms. The van der Waals surface area contributed by atoms with Gasteiger partial charge in [0.15, 0.2) is 0 Å². The highest BCUT2D eigenvalue weighted by Crippen LogP contribution is 2.48. The average Bonchev–Trinajstić information content (AvgIpc) is 4.05. The molecule has 1 aromatic carbocycles. The summed E-state index contributed by atoms with van der Waals surface area (Å²) in [5.74, 6) is -5.93. The minimum absolute atomic E-state index is 0.0159. The molecule has 324 valence electrons. The summed E-state index contributed by atoms with van der Waals surface area (Å²) in [6.45, 7) is 2.85. The second kappa shape index (κ2) is 15.7. The molecule has 2 aliphatic heterocycles. The van der Waals surface area contributed by atoms with E-state index in [9.17, 15) is 54.7 Å². The second-order valence-corrected chi connectivity index (χ2v) is 18.9. The van der Waals surface area contributed by atoms with Crippen LogP contribution in [0.4, 0.5) is 26.7 Å². The lowest BCUT2D eigenvalue weighted by atomic mass is 9.85. The number of ether oxygens (including phenoxy) is 2.